The van der Waals surface area contributed by atoms with Gasteiger partial charge in [0.1, 0.15) is 6.04 Å². The van der Waals surface area contributed by atoms with Gasteiger partial charge in [-0.05, 0) is 28.1 Å². The molecule has 1 heterocycles. The summed E-state index contributed by atoms with van der Waals surface area (Å²) in [6.07, 6.45) is 3.26. The van der Waals surface area contributed by atoms with Crippen molar-refractivity contribution in [1.82, 2.24) is 4.98 Å². The molecule has 0 bridgehead atoms. The lowest BCUT2D eigenvalue weighted by Crippen LogP contribution is -2.28. The Morgan fingerprint density at radius 1 is 1.37 bits per heavy atom. The number of nitrogens with zero attached hydrogens (tertiary/aromatic N) is 1. The fraction of sp³-hybridized carbons (Fsp3) is 0.0769. The van der Waals surface area contributed by atoms with E-state index < -0.39 is 11.9 Å². The minimum Gasteiger partial charge on any atom is -0.369 e. The first kappa shape index (κ1) is 13.8. The van der Waals surface area contributed by atoms with Crippen LogP contribution in [0.4, 0.5) is 5.69 Å². The van der Waals surface area contributed by atoms with E-state index in [1.54, 1.807) is 42.7 Å². The van der Waals surface area contributed by atoms with E-state index in [-0.39, 0.29) is 0 Å². The molecule has 1 amide bonds. The zero-order chi connectivity index (χ0) is 13.8. The number of pyridine rings is 1. The molecule has 19 heavy (non-hydrogen) atoms. The average Bonchev–Trinajstić information content (AvgIpc) is 2.37. The van der Waals surface area contributed by atoms with Crippen LogP contribution < -0.4 is 11.1 Å². The Bertz CT molecular complexity index is 606. The summed E-state index contributed by atoms with van der Waals surface area (Å²) in [5.74, 6) is -0.506. The molecule has 2 rings (SSSR count). The molecule has 0 saturated carbocycles. The van der Waals surface area contributed by atoms with E-state index in [2.05, 4.69) is 26.2 Å². The van der Waals surface area contributed by atoms with Crippen molar-refractivity contribution in [2.75, 3.05) is 5.32 Å². The van der Waals surface area contributed by atoms with Crippen molar-refractivity contribution in [3.63, 3.8) is 0 Å². The van der Waals surface area contributed by atoms with Crippen LogP contribution in [0.2, 0.25) is 5.02 Å². The van der Waals surface area contributed by atoms with Gasteiger partial charge >= 0.3 is 0 Å². The Balaban J connectivity index is 2.32. The first-order valence-corrected chi connectivity index (χ1v) is 6.66. The number of benzene rings is 1. The SMILES string of the molecule is NC(=O)[C@@H](Nc1cncc(Br)c1)c1ccccc1Cl. The van der Waals surface area contributed by atoms with Crippen molar-refractivity contribution in [1.29, 1.82) is 0 Å². The summed E-state index contributed by atoms with van der Waals surface area (Å²) in [4.78, 5) is 15.6. The summed E-state index contributed by atoms with van der Waals surface area (Å²) in [6, 6.07) is 8.18. The van der Waals surface area contributed by atoms with E-state index in [0.29, 0.717) is 16.3 Å². The highest BCUT2D eigenvalue weighted by molar-refractivity contribution is 9.10. The molecular formula is C13H11BrClN3O. The van der Waals surface area contributed by atoms with E-state index in [9.17, 15) is 4.79 Å². The second-order valence-electron chi connectivity index (χ2n) is 3.89. The molecule has 2 aromatic rings. The monoisotopic (exact) mass is 339 g/mol. The topological polar surface area (TPSA) is 68.0 Å². The van der Waals surface area contributed by atoms with Gasteiger partial charge in [0, 0.05) is 21.3 Å². The van der Waals surface area contributed by atoms with Gasteiger partial charge in [-0.25, -0.2) is 0 Å². The van der Waals surface area contributed by atoms with Crippen LogP contribution in [0.15, 0.2) is 47.2 Å². The average molecular weight is 341 g/mol. The summed E-state index contributed by atoms with van der Waals surface area (Å²) in [7, 11) is 0. The Kier molecular flexibility index (Phi) is 4.39. The van der Waals surface area contributed by atoms with Crippen molar-refractivity contribution in [2.24, 2.45) is 5.73 Å². The molecule has 0 fully saturated rings. The van der Waals surface area contributed by atoms with Crippen LogP contribution in [-0.2, 0) is 4.79 Å². The number of hydrogen-bond acceptors (Lipinski definition) is 3. The van der Waals surface area contributed by atoms with Crippen LogP contribution >= 0.6 is 27.5 Å². The highest BCUT2D eigenvalue weighted by Gasteiger charge is 2.20. The molecule has 1 atom stereocenters. The second-order valence-corrected chi connectivity index (χ2v) is 5.22. The number of amides is 1. The number of nitrogens with two attached hydrogens (primary N) is 1. The van der Waals surface area contributed by atoms with Gasteiger partial charge in [0.25, 0.3) is 0 Å². The maximum Gasteiger partial charge on any atom is 0.244 e. The molecule has 1 aromatic heterocycles. The van der Waals surface area contributed by atoms with E-state index in [1.807, 2.05) is 0 Å². The first-order chi connectivity index (χ1) is 9.08. The number of carbonyl (C=O) groups is 1. The Hall–Kier alpha value is -1.59. The lowest BCUT2D eigenvalue weighted by atomic mass is 10.1. The molecule has 1 aromatic carbocycles. The minimum atomic E-state index is -0.704. The standard InChI is InChI=1S/C13H11BrClN3O/c14-8-5-9(7-17-6-8)18-12(13(16)19)10-3-1-2-4-11(10)15/h1-7,12,18H,(H2,16,19)/t12-/m0/s1. The molecular weight excluding hydrogens is 330 g/mol. The number of anilines is 1. The van der Waals surface area contributed by atoms with Gasteiger partial charge in [0.05, 0.1) is 11.9 Å². The maximum atomic E-state index is 11.6. The molecule has 0 unspecified atom stereocenters. The highest BCUT2D eigenvalue weighted by atomic mass is 79.9. The van der Waals surface area contributed by atoms with Crippen LogP contribution in [0.3, 0.4) is 0 Å². The van der Waals surface area contributed by atoms with E-state index in [0.717, 1.165) is 4.47 Å². The third-order valence-electron chi connectivity index (χ3n) is 2.52. The van der Waals surface area contributed by atoms with Crippen molar-refractivity contribution < 1.29 is 4.79 Å². The van der Waals surface area contributed by atoms with Crippen LogP contribution in [0.25, 0.3) is 0 Å². The quantitative estimate of drug-likeness (QED) is 0.898. The second kappa shape index (κ2) is 6.04. The Labute approximate surface area is 124 Å². The van der Waals surface area contributed by atoms with Crippen LogP contribution in [-0.4, -0.2) is 10.9 Å². The summed E-state index contributed by atoms with van der Waals surface area (Å²) in [5.41, 5.74) is 6.75. The third-order valence-corrected chi connectivity index (χ3v) is 3.29. The number of aromatic nitrogens is 1. The smallest absolute Gasteiger partial charge is 0.244 e. The van der Waals surface area contributed by atoms with Crippen LogP contribution in [0.1, 0.15) is 11.6 Å². The molecule has 98 valence electrons. The summed E-state index contributed by atoms with van der Waals surface area (Å²) < 4.78 is 0.805. The van der Waals surface area contributed by atoms with Gasteiger partial charge in [0.15, 0.2) is 0 Å². The molecule has 6 heteroatoms. The Morgan fingerprint density at radius 3 is 2.74 bits per heavy atom. The number of carbonyl (C=O) groups excluding carboxylic acids is 1. The van der Waals surface area contributed by atoms with Gasteiger partial charge in [-0.2, -0.15) is 0 Å². The fourth-order valence-corrected chi connectivity index (χ4v) is 2.28. The number of rotatable bonds is 4. The van der Waals surface area contributed by atoms with Gasteiger partial charge in [-0.3, -0.25) is 9.78 Å². The molecule has 0 saturated heterocycles. The van der Waals surface area contributed by atoms with Crippen molar-refractivity contribution in [2.45, 2.75) is 6.04 Å². The van der Waals surface area contributed by atoms with Crippen molar-refractivity contribution in [3.8, 4) is 0 Å². The normalized spacial score (nSPS) is 11.9. The van der Waals surface area contributed by atoms with Crippen molar-refractivity contribution in [3.05, 3.63) is 57.8 Å². The van der Waals surface area contributed by atoms with Gasteiger partial charge in [0.2, 0.25) is 5.91 Å². The van der Waals surface area contributed by atoms with E-state index in [4.69, 9.17) is 17.3 Å². The lowest BCUT2D eigenvalue weighted by Gasteiger charge is -2.18. The Morgan fingerprint density at radius 2 is 2.11 bits per heavy atom. The van der Waals surface area contributed by atoms with Gasteiger partial charge < -0.3 is 11.1 Å². The van der Waals surface area contributed by atoms with Gasteiger partial charge in [-0.15, -0.1) is 0 Å². The summed E-state index contributed by atoms with van der Waals surface area (Å²) in [5, 5.41) is 3.51. The predicted octanol–water partition coefficient (Wildman–Crippen LogP) is 3.14. The number of halogens is 2. The molecule has 0 aliphatic heterocycles. The van der Waals surface area contributed by atoms with Crippen molar-refractivity contribution >= 4 is 39.1 Å². The highest BCUT2D eigenvalue weighted by Crippen LogP contribution is 2.26. The molecule has 4 nitrogen and oxygen atoms in total. The molecule has 0 aliphatic rings. The number of hydrogen-bond donors (Lipinski definition) is 2. The minimum absolute atomic E-state index is 0.488. The summed E-state index contributed by atoms with van der Waals surface area (Å²) in [6.45, 7) is 0. The number of nitrogens with one attached hydrogen (secondary N) is 1. The molecule has 0 radical (unpaired) electrons. The fourth-order valence-electron chi connectivity index (χ4n) is 1.67. The first-order valence-electron chi connectivity index (χ1n) is 5.49. The predicted molar refractivity (Wildman–Crippen MR) is 78.9 cm³/mol. The van der Waals surface area contributed by atoms with Gasteiger partial charge in [-0.1, -0.05) is 29.8 Å². The summed E-state index contributed by atoms with van der Waals surface area (Å²) >= 11 is 9.40. The van der Waals surface area contributed by atoms with E-state index >= 15 is 0 Å². The third kappa shape index (κ3) is 3.45. The largest absolute Gasteiger partial charge is 0.369 e. The number of primary amides is 1. The van der Waals surface area contributed by atoms with Crippen LogP contribution in [0, 0.1) is 0 Å². The molecule has 0 aliphatic carbocycles. The van der Waals surface area contributed by atoms with E-state index in [1.165, 1.54) is 0 Å². The molecule has 0 spiro atoms. The van der Waals surface area contributed by atoms with Crippen LogP contribution in [0.5, 0.6) is 0 Å². The molecule has 3 N–H and O–H groups in total. The lowest BCUT2D eigenvalue weighted by molar-refractivity contribution is -0.118. The zero-order valence-electron chi connectivity index (χ0n) is 9.81. The zero-order valence-corrected chi connectivity index (χ0v) is 12.1. The maximum absolute atomic E-state index is 11.6.